The van der Waals surface area contributed by atoms with E-state index in [9.17, 15) is 0 Å². The minimum Gasteiger partial charge on any atom is -0.547 e. The largest absolute Gasteiger partial charge is 0.547 e. The molecule has 162 valence electrons. The third kappa shape index (κ3) is 3.56. The number of hydrogen-bond donors (Lipinski definition) is 1. The molecule has 0 saturated carbocycles. The molecule has 5 rings (SSSR count). The molecule has 0 amide bonds. The molecular formula is C27H34N2OSi. The van der Waals surface area contributed by atoms with Crippen LogP contribution in [0.15, 0.2) is 66.4 Å². The Morgan fingerprint density at radius 2 is 1.71 bits per heavy atom. The number of para-hydroxylation sites is 1. The van der Waals surface area contributed by atoms with E-state index >= 15 is 0 Å². The number of fused-ring (bicyclic) bond motifs is 5. The predicted octanol–water partition coefficient (Wildman–Crippen LogP) is 7.12. The minimum atomic E-state index is -1.90. The van der Waals surface area contributed by atoms with Gasteiger partial charge in [-0.15, -0.1) is 0 Å². The highest BCUT2D eigenvalue weighted by Gasteiger charge is 2.43. The summed E-state index contributed by atoms with van der Waals surface area (Å²) in [6.07, 6.45) is 4.43. The summed E-state index contributed by atoms with van der Waals surface area (Å²) in [7, 11) is -1.90. The molecule has 1 aromatic heterocycles. The van der Waals surface area contributed by atoms with Crippen molar-refractivity contribution in [3.63, 3.8) is 0 Å². The van der Waals surface area contributed by atoms with Crippen LogP contribution in [0.1, 0.15) is 56.1 Å². The van der Waals surface area contributed by atoms with Gasteiger partial charge in [0.05, 0.1) is 17.8 Å². The van der Waals surface area contributed by atoms with Crippen LogP contribution >= 0.6 is 0 Å². The third-order valence-electron chi connectivity index (χ3n) is 7.63. The van der Waals surface area contributed by atoms with Crippen LogP contribution < -0.4 is 0 Å². The maximum absolute atomic E-state index is 6.89. The molecule has 0 spiro atoms. The third-order valence-corrected chi connectivity index (χ3v) is 12.0. The van der Waals surface area contributed by atoms with Crippen LogP contribution in [-0.2, 0) is 10.8 Å². The molecule has 0 radical (unpaired) electrons. The molecule has 3 nitrogen and oxygen atoms in total. The van der Waals surface area contributed by atoms with Crippen LogP contribution in [0.2, 0.25) is 18.1 Å². The zero-order chi connectivity index (χ0) is 21.8. The Balaban J connectivity index is 1.59. The summed E-state index contributed by atoms with van der Waals surface area (Å²) in [5.41, 5.74) is 5.49. The van der Waals surface area contributed by atoms with Gasteiger partial charge in [-0.2, -0.15) is 0 Å². The molecule has 1 N–H and O–H groups in total. The van der Waals surface area contributed by atoms with E-state index in [1.165, 1.54) is 33.5 Å². The molecule has 3 aromatic rings. The second-order valence-corrected chi connectivity index (χ2v) is 15.3. The summed E-state index contributed by atoms with van der Waals surface area (Å²) < 4.78 is 6.89. The van der Waals surface area contributed by atoms with E-state index in [0.717, 1.165) is 19.4 Å². The van der Waals surface area contributed by atoms with Gasteiger partial charge in [0, 0.05) is 29.6 Å². The smallest absolute Gasteiger partial charge is 0.250 e. The highest BCUT2D eigenvalue weighted by atomic mass is 28.4. The van der Waals surface area contributed by atoms with Gasteiger partial charge in [0.1, 0.15) is 0 Å². The lowest BCUT2D eigenvalue weighted by Crippen LogP contribution is -2.44. The molecular weight excluding hydrogens is 396 g/mol. The quantitative estimate of drug-likeness (QED) is 0.448. The summed E-state index contributed by atoms with van der Waals surface area (Å²) in [6.45, 7) is 12.7. The molecule has 31 heavy (non-hydrogen) atoms. The highest BCUT2D eigenvalue weighted by molar-refractivity contribution is 6.74. The van der Waals surface area contributed by atoms with Crippen molar-refractivity contribution in [1.29, 1.82) is 0 Å². The Kier molecular flexibility index (Phi) is 4.91. The fourth-order valence-electron chi connectivity index (χ4n) is 4.91. The first-order chi connectivity index (χ1) is 14.7. The molecule has 4 heteroatoms. The van der Waals surface area contributed by atoms with E-state index in [1.54, 1.807) is 0 Å². The van der Waals surface area contributed by atoms with Crippen molar-refractivity contribution in [2.45, 2.75) is 63.8 Å². The van der Waals surface area contributed by atoms with Crippen molar-refractivity contribution in [2.24, 2.45) is 0 Å². The highest BCUT2D eigenvalue weighted by Crippen LogP contribution is 2.47. The van der Waals surface area contributed by atoms with Crippen LogP contribution in [0.3, 0.4) is 0 Å². The van der Waals surface area contributed by atoms with Crippen molar-refractivity contribution in [2.75, 3.05) is 6.54 Å². The van der Waals surface area contributed by atoms with Gasteiger partial charge < -0.3 is 9.41 Å². The number of nitrogens with one attached hydrogen (secondary N) is 1. The number of aromatic amines is 1. The van der Waals surface area contributed by atoms with Crippen LogP contribution in [0, 0.1) is 0 Å². The van der Waals surface area contributed by atoms with E-state index < -0.39 is 8.32 Å². The Morgan fingerprint density at radius 3 is 2.45 bits per heavy atom. The number of benzene rings is 2. The Hall–Kier alpha value is -2.30. The molecule has 3 heterocycles. The summed E-state index contributed by atoms with van der Waals surface area (Å²) in [5, 5.41) is 1.57. The second-order valence-electron chi connectivity index (χ2n) is 10.6. The molecule has 2 aromatic carbocycles. The van der Waals surface area contributed by atoms with Gasteiger partial charge in [0.15, 0.2) is 0 Å². The monoisotopic (exact) mass is 430 g/mol. The Bertz CT molecular complexity index is 1120. The molecule has 0 fully saturated rings. The minimum absolute atomic E-state index is 0.187. The van der Waals surface area contributed by atoms with Crippen LogP contribution in [-0.4, -0.2) is 24.7 Å². The number of aromatic nitrogens is 1. The van der Waals surface area contributed by atoms with Crippen molar-refractivity contribution in [3.05, 3.63) is 83.3 Å². The molecule has 0 bridgehead atoms. The van der Waals surface area contributed by atoms with Gasteiger partial charge >= 0.3 is 0 Å². The molecule has 2 atom stereocenters. The Labute approximate surface area is 187 Å². The number of H-pyrrole nitrogens is 1. The van der Waals surface area contributed by atoms with E-state index in [4.69, 9.17) is 4.43 Å². The zero-order valence-corrected chi connectivity index (χ0v) is 20.4. The van der Waals surface area contributed by atoms with Crippen molar-refractivity contribution in [3.8, 4) is 0 Å². The van der Waals surface area contributed by atoms with E-state index in [0.29, 0.717) is 6.04 Å². The second kappa shape index (κ2) is 7.39. The fourth-order valence-corrected chi connectivity index (χ4v) is 6.03. The first-order valence-electron chi connectivity index (χ1n) is 11.5. The average Bonchev–Trinajstić information content (AvgIpc) is 3.12. The predicted molar refractivity (Wildman–Crippen MR) is 132 cm³/mol. The molecule has 2 aliphatic heterocycles. The number of nitrogens with zero attached hydrogens (tertiary/aromatic N) is 1. The summed E-state index contributed by atoms with van der Waals surface area (Å²) >= 11 is 0. The topological polar surface area (TPSA) is 28.3 Å². The maximum atomic E-state index is 6.89. The van der Waals surface area contributed by atoms with Gasteiger partial charge in [0.25, 0.3) is 0 Å². The van der Waals surface area contributed by atoms with Gasteiger partial charge in [-0.3, -0.25) is 4.90 Å². The van der Waals surface area contributed by atoms with E-state index in [1.807, 2.05) is 0 Å². The average molecular weight is 431 g/mol. The van der Waals surface area contributed by atoms with Crippen molar-refractivity contribution < 1.29 is 4.43 Å². The lowest BCUT2D eigenvalue weighted by molar-refractivity contribution is 0.115. The first-order valence-corrected chi connectivity index (χ1v) is 14.5. The van der Waals surface area contributed by atoms with Crippen LogP contribution in [0.25, 0.3) is 10.9 Å². The normalized spacial score (nSPS) is 22.0. The van der Waals surface area contributed by atoms with Crippen molar-refractivity contribution in [1.82, 2.24) is 9.88 Å². The lowest BCUT2D eigenvalue weighted by atomic mass is 9.88. The standard InChI is InChI=1S/C27H34N2OSi/c1-27(2,3)31(4,5)30-20-17-24(19-11-7-6-8-12-19)29-16-15-22-21-13-9-10-14-23(21)28-26(22)25(29)18-20/h6-14,17,24-25,28H,15-16,18H2,1-5H3. The zero-order valence-electron chi connectivity index (χ0n) is 19.4. The maximum Gasteiger partial charge on any atom is 0.250 e. The Morgan fingerprint density at radius 1 is 1.00 bits per heavy atom. The number of rotatable bonds is 3. The molecule has 2 unspecified atom stereocenters. The lowest BCUT2D eigenvalue weighted by Gasteiger charge is -2.46. The van der Waals surface area contributed by atoms with Crippen molar-refractivity contribution >= 4 is 19.2 Å². The van der Waals surface area contributed by atoms with Gasteiger partial charge in [-0.25, -0.2) is 0 Å². The summed E-state index contributed by atoms with van der Waals surface area (Å²) in [5.74, 6) is 1.17. The van der Waals surface area contributed by atoms with Gasteiger partial charge in [-0.05, 0) is 47.8 Å². The summed E-state index contributed by atoms with van der Waals surface area (Å²) in [6, 6.07) is 20.3. The van der Waals surface area contributed by atoms with Crippen LogP contribution in [0.4, 0.5) is 0 Å². The van der Waals surface area contributed by atoms with Gasteiger partial charge in [0.2, 0.25) is 8.32 Å². The van der Waals surface area contributed by atoms with E-state index in [-0.39, 0.29) is 11.1 Å². The molecule has 0 aliphatic carbocycles. The van der Waals surface area contributed by atoms with E-state index in [2.05, 4.69) is 104 Å². The first kappa shape index (κ1) is 20.6. The SMILES string of the molecule is CC(C)(C)[Si](C)(C)OC1=CC(c2ccccc2)N2CCc3c([nH]c4ccccc34)C2C1. The van der Waals surface area contributed by atoms with Crippen LogP contribution in [0.5, 0.6) is 0 Å². The fraction of sp³-hybridized carbons (Fsp3) is 0.407. The molecule has 2 aliphatic rings. The number of hydrogen-bond acceptors (Lipinski definition) is 2. The molecule has 0 saturated heterocycles. The van der Waals surface area contributed by atoms with Gasteiger partial charge in [-0.1, -0.05) is 69.3 Å². The summed E-state index contributed by atoms with van der Waals surface area (Å²) in [4.78, 5) is 6.46.